The highest BCUT2D eigenvalue weighted by Crippen LogP contribution is 2.11. The summed E-state index contributed by atoms with van der Waals surface area (Å²) in [5, 5.41) is 0. The van der Waals surface area contributed by atoms with E-state index in [1.165, 1.54) is 6.04 Å². The zero-order chi connectivity index (χ0) is 10.4. The lowest BCUT2D eigenvalue weighted by molar-refractivity contribution is 0.480. The summed E-state index contributed by atoms with van der Waals surface area (Å²) in [6.07, 6.45) is 3.92. The largest absolute Gasteiger partial charge is 0.465 e. The molecule has 0 fully saturated rings. The molecule has 1 aromatic rings. The van der Waals surface area contributed by atoms with Crippen LogP contribution in [0.25, 0.3) is 0 Å². The Hall–Kier alpha value is -1.02. The predicted octanol–water partition coefficient (Wildman–Crippen LogP) is 3.92. The van der Waals surface area contributed by atoms with Gasteiger partial charge in [0.15, 0.2) is 0 Å². The van der Waals surface area contributed by atoms with Crippen molar-refractivity contribution in [2.24, 2.45) is 0 Å². The summed E-state index contributed by atoms with van der Waals surface area (Å²) in [6, 6.07) is 11.0. The first kappa shape index (κ1) is 11.1. The van der Waals surface area contributed by atoms with Crippen LogP contribution >= 0.6 is 0 Å². The summed E-state index contributed by atoms with van der Waals surface area (Å²) in [5.41, 5.74) is 0. The molecule has 0 atom stereocenters. The van der Waals surface area contributed by atoms with Gasteiger partial charge in [0.25, 0.3) is 0 Å². The van der Waals surface area contributed by atoms with Gasteiger partial charge in [0.2, 0.25) is 0 Å². The van der Waals surface area contributed by atoms with Crippen molar-refractivity contribution in [1.82, 2.24) is 0 Å². The fraction of sp³-hybridized carbons (Fsp3) is 0.333. The number of hydrogen-bond donors (Lipinski definition) is 0. The molecule has 0 N–H and O–H groups in total. The number of ether oxygens (including phenoxy) is 1. The van der Waals surface area contributed by atoms with Crippen LogP contribution in [-0.4, -0.2) is 8.07 Å². The molecule has 2 heteroatoms. The topological polar surface area (TPSA) is 9.23 Å². The third kappa shape index (κ3) is 4.87. The minimum Gasteiger partial charge on any atom is -0.465 e. The molecule has 0 aromatic heterocycles. The molecular weight excluding hydrogens is 188 g/mol. The number of para-hydroxylation sites is 1. The average molecular weight is 206 g/mol. The lowest BCUT2D eigenvalue weighted by atomic mass is 10.3. The Morgan fingerprint density at radius 2 is 1.79 bits per heavy atom. The number of allylic oxidation sites excluding steroid dienone is 1. The number of rotatable bonds is 4. The third-order valence-corrected chi connectivity index (χ3v) is 3.23. The maximum atomic E-state index is 5.44. The fourth-order valence-electron chi connectivity index (χ4n) is 1.03. The van der Waals surface area contributed by atoms with Gasteiger partial charge in [-0.2, -0.15) is 0 Å². The molecule has 0 spiro atoms. The summed E-state index contributed by atoms with van der Waals surface area (Å²) in [4.78, 5) is 0. The SMILES string of the molecule is C[Si](C)(C)C/C=C\Oc1ccccc1. The van der Waals surface area contributed by atoms with Crippen molar-refractivity contribution < 1.29 is 4.74 Å². The first-order chi connectivity index (χ1) is 6.58. The van der Waals surface area contributed by atoms with Crippen LogP contribution in [0.1, 0.15) is 0 Å². The molecule has 0 aliphatic carbocycles. The Kier molecular flexibility index (Phi) is 3.95. The molecule has 0 saturated carbocycles. The van der Waals surface area contributed by atoms with E-state index in [0.717, 1.165) is 5.75 Å². The van der Waals surface area contributed by atoms with E-state index in [4.69, 9.17) is 4.74 Å². The smallest absolute Gasteiger partial charge is 0.126 e. The van der Waals surface area contributed by atoms with Crippen molar-refractivity contribution in [3.05, 3.63) is 42.7 Å². The van der Waals surface area contributed by atoms with E-state index >= 15 is 0 Å². The van der Waals surface area contributed by atoms with Gasteiger partial charge in [-0.25, -0.2) is 0 Å². The van der Waals surface area contributed by atoms with Gasteiger partial charge in [0.05, 0.1) is 6.26 Å². The van der Waals surface area contributed by atoms with E-state index in [0.29, 0.717) is 0 Å². The lowest BCUT2D eigenvalue weighted by Gasteiger charge is -2.11. The second kappa shape index (κ2) is 5.01. The third-order valence-electron chi connectivity index (χ3n) is 1.77. The number of benzene rings is 1. The van der Waals surface area contributed by atoms with Gasteiger partial charge in [-0.15, -0.1) is 0 Å². The minimum atomic E-state index is -0.962. The molecule has 0 aliphatic heterocycles. The first-order valence-corrected chi connectivity index (χ1v) is 8.65. The maximum absolute atomic E-state index is 5.44. The molecule has 1 nitrogen and oxygen atoms in total. The van der Waals surface area contributed by atoms with Crippen molar-refractivity contribution in [2.75, 3.05) is 0 Å². The molecule has 0 radical (unpaired) electrons. The molecule has 1 aromatic carbocycles. The molecule has 14 heavy (non-hydrogen) atoms. The fourth-order valence-corrected chi connectivity index (χ4v) is 1.83. The molecule has 0 amide bonds. The Labute approximate surface area is 87.4 Å². The van der Waals surface area contributed by atoms with Crippen LogP contribution in [0, 0.1) is 0 Å². The number of hydrogen-bond acceptors (Lipinski definition) is 1. The first-order valence-electron chi connectivity index (χ1n) is 4.95. The molecule has 0 saturated heterocycles. The van der Waals surface area contributed by atoms with Gasteiger partial charge < -0.3 is 4.74 Å². The summed E-state index contributed by atoms with van der Waals surface area (Å²) >= 11 is 0. The standard InChI is InChI=1S/C12H18OSi/c1-14(2,3)11-7-10-13-12-8-5-4-6-9-12/h4-10H,11H2,1-3H3/b10-7-. The molecule has 0 aliphatic rings. The Morgan fingerprint density at radius 3 is 2.36 bits per heavy atom. The van der Waals surface area contributed by atoms with E-state index in [1.807, 2.05) is 30.3 Å². The van der Waals surface area contributed by atoms with E-state index in [-0.39, 0.29) is 0 Å². The van der Waals surface area contributed by atoms with E-state index < -0.39 is 8.07 Å². The lowest BCUT2D eigenvalue weighted by Crippen LogP contribution is -2.17. The monoisotopic (exact) mass is 206 g/mol. The predicted molar refractivity (Wildman–Crippen MR) is 64.4 cm³/mol. The second-order valence-electron chi connectivity index (χ2n) is 4.57. The molecule has 0 bridgehead atoms. The van der Waals surface area contributed by atoms with Crippen LogP contribution in [0.5, 0.6) is 5.75 Å². The summed E-state index contributed by atoms with van der Waals surface area (Å²) in [6.45, 7) is 7.04. The minimum absolute atomic E-state index is 0.902. The maximum Gasteiger partial charge on any atom is 0.126 e. The van der Waals surface area contributed by atoms with Crippen LogP contribution < -0.4 is 4.74 Å². The van der Waals surface area contributed by atoms with Gasteiger partial charge in [-0.1, -0.05) is 43.9 Å². The highest BCUT2D eigenvalue weighted by Gasteiger charge is 2.09. The van der Waals surface area contributed by atoms with Gasteiger partial charge in [-0.05, 0) is 18.2 Å². The molecule has 1 rings (SSSR count). The summed E-state index contributed by atoms with van der Waals surface area (Å²) in [7, 11) is -0.962. The zero-order valence-electron chi connectivity index (χ0n) is 9.16. The normalized spacial score (nSPS) is 11.9. The molecular formula is C12H18OSi. The Morgan fingerprint density at radius 1 is 1.14 bits per heavy atom. The molecule has 0 heterocycles. The van der Waals surface area contributed by atoms with Crippen LogP contribution in [-0.2, 0) is 0 Å². The Balaban J connectivity index is 2.35. The highest BCUT2D eigenvalue weighted by molar-refractivity contribution is 6.76. The van der Waals surface area contributed by atoms with Crippen LogP contribution in [0.15, 0.2) is 42.7 Å². The van der Waals surface area contributed by atoms with Gasteiger partial charge in [0.1, 0.15) is 5.75 Å². The van der Waals surface area contributed by atoms with E-state index in [9.17, 15) is 0 Å². The molecule has 76 valence electrons. The van der Waals surface area contributed by atoms with Gasteiger partial charge >= 0.3 is 0 Å². The van der Waals surface area contributed by atoms with Crippen LogP contribution in [0.4, 0.5) is 0 Å². The van der Waals surface area contributed by atoms with Crippen molar-refractivity contribution in [3.63, 3.8) is 0 Å². The van der Waals surface area contributed by atoms with E-state index in [2.05, 4.69) is 25.7 Å². The molecule has 0 unspecified atom stereocenters. The van der Waals surface area contributed by atoms with Crippen molar-refractivity contribution in [2.45, 2.75) is 25.7 Å². The van der Waals surface area contributed by atoms with Crippen LogP contribution in [0.3, 0.4) is 0 Å². The van der Waals surface area contributed by atoms with Gasteiger partial charge in [-0.3, -0.25) is 0 Å². The highest BCUT2D eigenvalue weighted by atomic mass is 28.3. The van der Waals surface area contributed by atoms with Crippen molar-refractivity contribution >= 4 is 8.07 Å². The second-order valence-corrected chi connectivity index (χ2v) is 10.1. The summed E-state index contributed by atoms with van der Waals surface area (Å²) < 4.78 is 5.44. The summed E-state index contributed by atoms with van der Waals surface area (Å²) in [5.74, 6) is 0.902. The quantitative estimate of drug-likeness (QED) is 0.536. The zero-order valence-corrected chi connectivity index (χ0v) is 10.2. The van der Waals surface area contributed by atoms with Gasteiger partial charge in [0, 0.05) is 8.07 Å². The van der Waals surface area contributed by atoms with Crippen molar-refractivity contribution in [3.8, 4) is 5.75 Å². The van der Waals surface area contributed by atoms with E-state index in [1.54, 1.807) is 6.26 Å². The Bertz CT molecular complexity index is 285. The van der Waals surface area contributed by atoms with Crippen LogP contribution in [0.2, 0.25) is 25.7 Å². The van der Waals surface area contributed by atoms with Crippen molar-refractivity contribution in [1.29, 1.82) is 0 Å². The average Bonchev–Trinajstić information content (AvgIpc) is 2.13.